The minimum absolute atomic E-state index is 0.375. The molecule has 0 aliphatic rings. The number of anilines is 1. The van der Waals surface area contributed by atoms with Gasteiger partial charge in [0.25, 0.3) is 0 Å². The molecule has 0 aliphatic heterocycles. The molecule has 0 saturated carbocycles. The van der Waals surface area contributed by atoms with Crippen LogP contribution in [0.3, 0.4) is 0 Å². The Morgan fingerprint density at radius 2 is 1.81 bits per heavy atom. The Kier molecular flexibility index (Phi) is 3.30. The van der Waals surface area contributed by atoms with Crippen molar-refractivity contribution in [3.05, 3.63) is 51.7 Å². The molecular weight excluding hydrogens is 214 g/mol. The fourth-order valence-electron chi connectivity index (χ4n) is 1.73. The first-order valence-electron chi connectivity index (χ1n) is 5.55. The number of hydrogen-bond donors (Lipinski definition) is 1. The first-order chi connectivity index (χ1) is 7.66. The number of aryl methyl sites for hydroxylation is 2. The lowest BCUT2D eigenvalue weighted by molar-refractivity contribution is 0.905. The number of thiophene rings is 1. The van der Waals surface area contributed by atoms with E-state index in [0.717, 1.165) is 0 Å². The first kappa shape index (κ1) is 11.2. The maximum absolute atomic E-state index is 3.55. The van der Waals surface area contributed by atoms with Crippen LogP contribution >= 0.6 is 11.3 Å². The van der Waals surface area contributed by atoms with E-state index in [0.29, 0.717) is 6.04 Å². The van der Waals surface area contributed by atoms with Crippen LogP contribution in [-0.4, -0.2) is 0 Å². The smallest absolute Gasteiger partial charge is 0.0578 e. The Morgan fingerprint density at radius 1 is 1.06 bits per heavy atom. The molecule has 1 heterocycles. The lowest BCUT2D eigenvalue weighted by Gasteiger charge is -2.15. The molecule has 0 spiro atoms. The van der Waals surface area contributed by atoms with Gasteiger partial charge in [0.2, 0.25) is 0 Å². The quantitative estimate of drug-likeness (QED) is 0.818. The van der Waals surface area contributed by atoms with Crippen LogP contribution in [0, 0.1) is 13.8 Å². The Bertz CT molecular complexity index is 473. The summed E-state index contributed by atoms with van der Waals surface area (Å²) in [6.07, 6.45) is 0. The van der Waals surface area contributed by atoms with Crippen LogP contribution in [0.1, 0.15) is 28.3 Å². The molecule has 1 unspecified atom stereocenters. The molecular formula is C14H17NS. The zero-order valence-corrected chi connectivity index (χ0v) is 10.8. The van der Waals surface area contributed by atoms with E-state index >= 15 is 0 Å². The van der Waals surface area contributed by atoms with Gasteiger partial charge in [0, 0.05) is 15.4 Å². The molecule has 0 bridgehead atoms. The average molecular weight is 231 g/mol. The summed E-state index contributed by atoms with van der Waals surface area (Å²) in [6, 6.07) is 13.2. The molecule has 1 atom stereocenters. The minimum Gasteiger partial charge on any atom is -0.377 e. The predicted molar refractivity (Wildman–Crippen MR) is 72.3 cm³/mol. The van der Waals surface area contributed by atoms with Crippen molar-refractivity contribution in [1.82, 2.24) is 0 Å². The van der Waals surface area contributed by atoms with Crippen LogP contribution in [0.15, 0.2) is 36.4 Å². The van der Waals surface area contributed by atoms with Crippen molar-refractivity contribution >= 4 is 17.0 Å². The number of hydrogen-bond acceptors (Lipinski definition) is 2. The number of para-hydroxylation sites is 1. The van der Waals surface area contributed by atoms with Crippen LogP contribution in [0.4, 0.5) is 5.69 Å². The second kappa shape index (κ2) is 4.71. The summed E-state index contributed by atoms with van der Waals surface area (Å²) in [6.45, 7) is 6.49. The van der Waals surface area contributed by atoms with E-state index in [-0.39, 0.29) is 0 Å². The first-order valence-corrected chi connectivity index (χ1v) is 6.37. The van der Waals surface area contributed by atoms with Crippen LogP contribution in [0.2, 0.25) is 0 Å². The number of nitrogens with one attached hydrogen (secondary N) is 1. The molecule has 1 aromatic heterocycles. The summed E-state index contributed by atoms with van der Waals surface area (Å²) in [4.78, 5) is 2.76. The normalized spacial score (nSPS) is 12.4. The van der Waals surface area contributed by atoms with Gasteiger partial charge in [-0.25, -0.2) is 0 Å². The zero-order chi connectivity index (χ0) is 11.5. The minimum atomic E-state index is 0.375. The van der Waals surface area contributed by atoms with Crippen LogP contribution in [-0.2, 0) is 0 Å². The molecule has 2 rings (SSSR count). The van der Waals surface area contributed by atoms with Gasteiger partial charge < -0.3 is 5.32 Å². The van der Waals surface area contributed by atoms with Crippen molar-refractivity contribution in [1.29, 1.82) is 0 Å². The molecule has 1 aromatic carbocycles. The summed E-state index contributed by atoms with van der Waals surface area (Å²) in [5.74, 6) is 0. The molecule has 16 heavy (non-hydrogen) atoms. The highest BCUT2D eigenvalue weighted by Crippen LogP contribution is 2.26. The highest BCUT2D eigenvalue weighted by molar-refractivity contribution is 7.12. The molecule has 0 fully saturated rings. The van der Waals surface area contributed by atoms with E-state index in [9.17, 15) is 0 Å². The predicted octanol–water partition coefficient (Wildman–Crippen LogP) is 4.54. The van der Waals surface area contributed by atoms with E-state index in [4.69, 9.17) is 0 Å². The fourth-order valence-corrected chi connectivity index (χ4v) is 2.61. The SMILES string of the molecule is Cc1ccc(C(C)Nc2ccccc2C)s1. The van der Waals surface area contributed by atoms with Crippen LogP contribution < -0.4 is 5.32 Å². The largest absolute Gasteiger partial charge is 0.377 e. The van der Waals surface area contributed by atoms with Gasteiger partial charge in [0.15, 0.2) is 0 Å². The molecule has 1 nitrogen and oxygen atoms in total. The fraction of sp³-hybridized carbons (Fsp3) is 0.286. The van der Waals surface area contributed by atoms with Gasteiger partial charge in [-0.2, -0.15) is 0 Å². The van der Waals surface area contributed by atoms with Gasteiger partial charge in [0.1, 0.15) is 0 Å². The molecule has 84 valence electrons. The number of rotatable bonds is 3. The van der Waals surface area contributed by atoms with Crippen molar-refractivity contribution in [3.63, 3.8) is 0 Å². The van der Waals surface area contributed by atoms with Gasteiger partial charge >= 0.3 is 0 Å². The lowest BCUT2D eigenvalue weighted by atomic mass is 10.2. The molecule has 0 radical (unpaired) electrons. The van der Waals surface area contributed by atoms with Crippen molar-refractivity contribution < 1.29 is 0 Å². The van der Waals surface area contributed by atoms with E-state index in [1.54, 1.807) is 0 Å². The maximum Gasteiger partial charge on any atom is 0.0578 e. The van der Waals surface area contributed by atoms with E-state index in [1.165, 1.54) is 21.0 Å². The Balaban J connectivity index is 2.13. The summed E-state index contributed by atoms with van der Waals surface area (Å²) in [7, 11) is 0. The maximum atomic E-state index is 3.55. The molecule has 2 heteroatoms. The lowest BCUT2D eigenvalue weighted by Crippen LogP contribution is -2.05. The van der Waals surface area contributed by atoms with Gasteiger partial charge in [0.05, 0.1) is 6.04 Å². The Labute approximate surface area is 101 Å². The third-order valence-electron chi connectivity index (χ3n) is 2.70. The topological polar surface area (TPSA) is 12.0 Å². The molecule has 1 N–H and O–H groups in total. The van der Waals surface area contributed by atoms with Crippen LogP contribution in [0.5, 0.6) is 0 Å². The standard InChI is InChI=1S/C14H17NS/c1-10-6-4-5-7-13(10)15-12(3)14-9-8-11(2)16-14/h4-9,12,15H,1-3H3. The third-order valence-corrected chi connectivity index (χ3v) is 3.89. The highest BCUT2D eigenvalue weighted by Gasteiger charge is 2.08. The van der Waals surface area contributed by atoms with Gasteiger partial charge in [-0.05, 0) is 44.5 Å². The summed E-state index contributed by atoms with van der Waals surface area (Å²) in [5, 5.41) is 3.55. The van der Waals surface area contributed by atoms with E-state index in [1.807, 2.05) is 11.3 Å². The molecule has 0 amide bonds. The van der Waals surface area contributed by atoms with Crippen molar-refractivity contribution in [2.24, 2.45) is 0 Å². The second-order valence-corrected chi connectivity index (χ2v) is 5.45. The van der Waals surface area contributed by atoms with E-state index < -0.39 is 0 Å². The monoisotopic (exact) mass is 231 g/mol. The molecule has 0 saturated heterocycles. The summed E-state index contributed by atoms with van der Waals surface area (Å²) < 4.78 is 0. The number of benzene rings is 1. The van der Waals surface area contributed by atoms with Crippen LogP contribution in [0.25, 0.3) is 0 Å². The molecule has 2 aromatic rings. The van der Waals surface area contributed by atoms with E-state index in [2.05, 4.69) is 62.5 Å². The highest BCUT2D eigenvalue weighted by atomic mass is 32.1. The van der Waals surface area contributed by atoms with Gasteiger partial charge in [-0.15, -0.1) is 11.3 Å². The zero-order valence-electron chi connectivity index (χ0n) is 9.95. The van der Waals surface area contributed by atoms with Gasteiger partial charge in [-0.3, -0.25) is 0 Å². The van der Waals surface area contributed by atoms with Gasteiger partial charge in [-0.1, -0.05) is 18.2 Å². The average Bonchev–Trinajstić information content (AvgIpc) is 2.68. The summed E-state index contributed by atoms with van der Waals surface area (Å²) >= 11 is 1.86. The van der Waals surface area contributed by atoms with Crippen molar-refractivity contribution in [3.8, 4) is 0 Å². The Morgan fingerprint density at radius 3 is 2.44 bits per heavy atom. The summed E-state index contributed by atoms with van der Waals surface area (Å²) in [5.41, 5.74) is 2.52. The van der Waals surface area contributed by atoms with Crippen molar-refractivity contribution in [2.75, 3.05) is 5.32 Å². The second-order valence-electron chi connectivity index (χ2n) is 4.13. The van der Waals surface area contributed by atoms with Crippen molar-refractivity contribution in [2.45, 2.75) is 26.8 Å². The third kappa shape index (κ3) is 2.45. The molecule has 0 aliphatic carbocycles. The Hall–Kier alpha value is -1.28.